The number of carbonyl (C=O) groups excluding carboxylic acids is 3. The molecule has 7 nitrogen and oxygen atoms in total. The quantitative estimate of drug-likeness (QED) is 0.686. The molecule has 2 aliphatic rings. The van der Waals surface area contributed by atoms with Crippen LogP contribution in [0.4, 0.5) is 0 Å². The van der Waals surface area contributed by atoms with Crippen molar-refractivity contribution in [2.75, 3.05) is 26.2 Å². The van der Waals surface area contributed by atoms with E-state index in [-0.39, 0.29) is 35.3 Å². The predicted molar refractivity (Wildman–Crippen MR) is 105 cm³/mol. The van der Waals surface area contributed by atoms with Crippen LogP contribution >= 0.6 is 0 Å². The van der Waals surface area contributed by atoms with Gasteiger partial charge in [-0.1, -0.05) is 13.8 Å². The van der Waals surface area contributed by atoms with Crippen LogP contribution in [0.2, 0.25) is 0 Å². The number of allylic oxidation sites excluding steroid dienone is 1. The van der Waals surface area contributed by atoms with Crippen molar-refractivity contribution in [1.29, 1.82) is 0 Å². The van der Waals surface area contributed by atoms with Crippen LogP contribution in [0.1, 0.15) is 59.3 Å². The van der Waals surface area contributed by atoms with Gasteiger partial charge in [0.25, 0.3) is 5.91 Å². The number of piperidine rings is 1. The summed E-state index contributed by atoms with van der Waals surface area (Å²) in [4.78, 5) is 41.7. The highest BCUT2D eigenvalue weighted by Crippen LogP contribution is 2.31. The number of likely N-dealkylation sites (tertiary alicyclic amines) is 1. The van der Waals surface area contributed by atoms with Gasteiger partial charge in [-0.05, 0) is 44.4 Å². The molecule has 2 amide bonds. The van der Waals surface area contributed by atoms with Crippen LogP contribution in [-0.2, 0) is 14.4 Å². The van der Waals surface area contributed by atoms with E-state index in [4.69, 9.17) is 5.73 Å². The minimum absolute atomic E-state index is 0.00382. The summed E-state index contributed by atoms with van der Waals surface area (Å²) in [5.74, 6) is -0.0754. The SMILES string of the molecule is CCC(=O)NCC1(C)CCN(C(=O)/C(N)=C2\CCCC2=NCC(C)=O)CC1. The number of rotatable bonds is 6. The summed E-state index contributed by atoms with van der Waals surface area (Å²) >= 11 is 0. The predicted octanol–water partition coefficient (Wildman–Crippen LogP) is 1.57. The van der Waals surface area contributed by atoms with E-state index in [2.05, 4.69) is 17.2 Å². The van der Waals surface area contributed by atoms with Crippen molar-refractivity contribution in [3.63, 3.8) is 0 Å². The molecular weight excluding hydrogens is 344 g/mol. The second-order valence-corrected chi connectivity index (χ2v) is 7.94. The van der Waals surface area contributed by atoms with Gasteiger partial charge >= 0.3 is 0 Å². The van der Waals surface area contributed by atoms with Gasteiger partial charge in [-0.3, -0.25) is 19.4 Å². The topological polar surface area (TPSA) is 105 Å². The van der Waals surface area contributed by atoms with Crippen LogP contribution in [0.3, 0.4) is 0 Å². The third kappa shape index (κ3) is 5.65. The van der Waals surface area contributed by atoms with Crippen molar-refractivity contribution in [1.82, 2.24) is 10.2 Å². The second kappa shape index (κ2) is 9.15. The van der Waals surface area contributed by atoms with Crippen molar-refractivity contribution in [3.8, 4) is 0 Å². The fourth-order valence-corrected chi connectivity index (χ4v) is 3.56. The Morgan fingerprint density at radius 2 is 1.89 bits per heavy atom. The number of nitrogens with two attached hydrogens (primary N) is 1. The van der Waals surface area contributed by atoms with Gasteiger partial charge in [0.05, 0.1) is 6.54 Å². The van der Waals surface area contributed by atoms with Crippen LogP contribution in [0.25, 0.3) is 0 Å². The number of hydrogen-bond donors (Lipinski definition) is 2. The largest absolute Gasteiger partial charge is 0.394 e. The smallest absolute Gasteiger partial charge is 0.270 e. The van der Waals surface area contributed by atoms with E-state index in [1.807, 2.05) is 6.92 Å². The number of aliphatic imine (C=N–C) groups is 1. The van der Waals surface area contributed by atoms with Crippen molar-refractivity contribution in [2.45, 2.75) is 59.3 Å². The molecule has 0 aromatic rings. The zero-order chi connectivity index (χ0) is 20.0. The number of nitrogens with one attached hydrogen (secondary N) is 1. The van der Waals surface area contributed by atoms with Crippen molar-refractivity contribution in [3.05, 3.63) is 11.3 Å². The zero-order valence-corrected chi connectivity index (χ0v) is 16.8. The minimum Gasteiger partial charge on any atom is -0.394 e. The Labute approximate surface area is 161 Å². The molecule has 0 aromatic heterocycles. The van der Waals surface area contributed by atoms with Gasteiger partial charge in [-0.15, -0.1) is 0 Å². The summed E-state index contributed by atoms with van der Waals surface area (Å²) in [5.41, 5.74) is 8.10. The summed E-state index contributed by atoms with van der Waals surface area (Å²) in [6.45, 7) is 7.54. The lowest BCUT2D eigenvalue weighted by atomic mass is 9.80. The Balaban J connectivity index is 1.99. The van der Waals surface area contributed by atoms with E-state index in [1.165, 1.54) is 6.92 Å². The van der Waals surface area contributed by atoms with Gasteiger partial charge in [0.1, 0.15) is 5.70 Å². The van der Waals surface area contributed by atoms with Crippen LogP contribution in [0.5, 0.6) is 0 Å². The monoisotopic (exact) mass is 376 g/mol. The average Bonchev–Trinajstić information content (AvgIpc) is 3.12. The van der Waals surface area contributed by atoms with Crippen LogP contribution in [0, 0.1) is 5.41 Å². The first kappa shape index (κ1) is 21.1. The number of amides is 2. The van der Waals surface area contributed by atoms with Gasteiger partial charge in [-0.25, -0.2) is 0 Å². The Bertz CT molecular complexity index is 658. The minimum atomic E-state index is -0.137. The summed E-state index contributed by atoms with van der Waals surface area (Å²) < 4.78 is 0. The first-order valence-corrected chi connectivity index (χ1v) is 9.83. The molecule has 1 aliphatic heterocycles. The Hall–Kier alpha value is -2.18. The number of ketones is 1. The molecule has 0 bridgehead atoms. The maximum Gasteiger partial charge on any atom is 0.270 e. The molecule has 1 saturated heterocycles. The van der Waals surface area contributed by atoms with Gasteiger partial charge < -0.3 is 16.0 Å². The van der Waals surface area contributed by atoms with Gasteiger partial charge in [0.2, 0.25) is 5.91 Å². The van der Waals surface area contributed by atoms with E-state index in [1.54, 1.807) is 4.90 Å². The molecule has 0 radical (unpaired) electrons. The fraction of sp³-hybridized carbons (Fsp3) is 0.700. The lowest BCUT2D eigenvalue weighted by Crippen LogP contribution is -2.47. The first-order chi connectivity index (χ1) is 12.8. The molecule has 2 fully saturated rings. The lowest BCUT2D eigenvalue weighted by Gasteiger charge is -2.39. The molecule has 0 unspecified atom stereocenters. The van der Waals surface area contributed by atoms with Crippen molar-refractivity contribution < 1.29 is 14.4 Å². The van der Waals surface area contributed by atoms with Crippen molar-refractivity contribution >= 4 is 23.3 Å². The summed E-state index contributed by atoms with van der Waals surface area (Å²) in [7, 11) is 0. The van der Waals surface area contributed by atoms with E-state index >= 15 is 0 Å². The number of carbonyl (C=O) groups is 3. The molecule has 3 N–H and O–H groups in total. The molecule has 7 heteroatoms. The summed E-state index contributed by atoms with van der Waals surface area (Å²) in [5, 5.41) is 2.96. The molecule has 27 heavy (non-hydrogen) atoms. The standard InChI is InChI=1S/C20H32N4O3/c1-4-17(26)23-13-20(3)8-10-24(11-9-20)19(27)18(21)15-6-5-7-16(15)22-12-14(2)25/h4-13,21H2,1-3H3,(H,23,26)/b18-15-,22-16?. The third-order valence-electron chi connectivity index (χ3n) is 5.53. The maximum absolute atomic E-state index is 12.8. The highest BCUT2D eigenvalue weighted by molar-refractivity contribution is 6.09. The third-order valence-corrected chi connectivity index (χ3v) is 5.53. The maximum atomic E-state index is 12.8. The average molecular weight is 377 g/mol. The number of nitrogens with zero attached hydrogens (tertiary/aromatic N) is 2. The Kier molecular flexibility index (Phi) is 7.16. The zero-order valence-electron chi connectivity index (χ0n) is 16.8. The highest BCUT2D eigenvalue weighted by Gasteiger charge is 2.33. The summed E-state index contributed by atoms with van der Waals surface area (Å²) in [6.07, 6.45) is 4.57. The van der Waals surface area contributed by atoms with E-state index in [9.17, 15) is 14.4 Å². The van der Waals surface area contributed by atoms with Gasteiger partial charge in [0.15, 0.2) is 5.78 Å². The molecule has 1 aliphatic carbocycles. The molecule has 1 heterocycles. The second-order valence-electron chi connectivity index (χ2n) is 7.94. The molecule has 1 saturated carbocycles. The number of hydrogen-bond acceptors (Lipinski definition) is 5. The highest BCUT2D eigenvalue weighted by atomic mass is 16.2. The fourth-order valence-electron chi connectivity index (χ4n) is 3.56. The molecule has 150 valence electrons. The molecular formula is C20H32N4O3. The molecule has 0 atom stereocenters. The Morgan fingerprint density at radius 3 is 2.48 bits per heavy atom. The van der Waals surface area contributed by atoms with Gasteiger partial charge in [-0.2, -0.15) is 0 Å². The summed E-state index contributed by atoms with van der Waals surface area (Å²) in [6, 6.07) is 0. The molecule has 2 rings (SSSR count). The number of Topliss-reactive ketones (excluding diaryl/α,β-unsaturated/α-hetero) is 1. The van der Waals surface area contributed by atoms with Gasteiger partial charge in [0, 0.05) is 37.3 Å². The normalized spacial score (nSPS) is 22.6. The van der Waals surface area contributed by atoms with Crippen LogP contribution < -0.4 is 11.1 Å². The molecule has 0 spiro atoms. The van der Waals surface area contributed by atoms with Crippen LogP contribution in [0.15, 0.2) is 16.3 Å². The van der Waals surface area contributed by atoms with E-state index < -0.39 is 0 Å². The van der Waals surface area contributed by atoms with Crippen molar-refractivity contribution in [2.24, 2.45) is 16.1 Å². The van der Waals surface area contributed by atoms with E-state index in [0.717, 1.165) is 43.4 Å². The first-order valence-electron chi connectivity index (χ1n) is 9.83. The molecule has 0 aromatic carbocycles. The lowest BCUT2D eigenvalue weighted by molar-refractivity contribution is -0.130. The Morgan fingerprint density at radius 1 is 1.22 bits per heavy atom. The van der Waals surface area contributed by atoms with Crippen LogP contribution in [-0.4, -0.2) is 54.4 Å². The van der Waals surface area contributed by atoms with E-state index in [0.29, 0.717) is 26.1 Å².